The van der Waals surface area contributed by atoms with Crippen LogP contribution in [0.15, 0.2) is 54.6 Å². The molecule has 2 rings (SSSR count). The van der Waals surface area contributed by atoms with E-state index in [1.54, 1.807) is 19.2 Å². The van der Waals surface area contributed by atoms with Gasteiger partial charge < -0.3 is 15.2 Å². The van der Waals surface area contributed by atoms with Crippen molar-refractivity contribution in [1.82, 2.24) is 5.32 Å². The summed E-state index contributed by atoms with van der Waals surface area (Å²) in [5, 5.41) is 13.3. The maximum absolute atomic E-state index is 12.8. The fourth-order valence-electron chi connectivity index (χ4n) is 2.04. The van der Waals surface area contributed by atoms with Crippen molar-refractivity contribution in [2.24, 2.45) is 0 Å². The molecule has 0 radical (unpaired) electrons. The highest BCUT2D eigenvalue weighted by Crippen LogP contribution is 2.18. The standard InChI is InChI=1S/C18H20FNO2/c1-22-17-6-2-5-15(12-17)18(21)13-20-11-3-4-14-7-9-16(19)10-8-14/h2-10,12,18,20-21H,11,13H2,1H3/b4-3+. The van der Waals surface area contributed by atoms with Crippen LogP contribution in [0.1, 0.15) is 17.2 Å². The summed E-state index contributed by atoms with van der Waals surface area (Å²) in [6.07, 6.45) is 3.25. The van der Waals surface area contributed by atoms with Gasteiger partial charge in [-0.3, -0.25) is 0 Å². The first kappa shape index (κ1) is 16.2. The smallest absolute Gasteiger partial charge is 0.123 e. The van der Waals surface area contributed by atoms with E-state index in [2.05, 4.69) is 5.32 Å². The van der Waals surface area contributed by atoms with E-state index in [9.17, 15) is 9.50 Å². The fourth-order valence-corrected chi connectivity index (χ4v) is 2.04. The number of aliphatic hydroxyl groups excluding tert-OH is 1. The summed E-state index contributed by atoms with van der Waals surface area (Å²) in [5.74, 6) is 0.490. The summed E-state index contributed by atoms with van der Waals surface area (Å²) in [6.45, 7) is 1.07. The molecule has 0 aromatic heterocycles. The van der Waals surface area contributed by atoms with Gasteiger partial charge in [-0.2, -0.15) is 0 Å². The van der Waals surface area contributed by atoms with Crippen LogP contribution in [0.3, 0.4) is 0 Å². The van der Waals surface area contributed by atoms with E-state index in [4.69, 9.17) is 4.74 Å². The largest absolute Gasteiger partial charge is 0.497 e. The van der Waals surface area contributed by atoms with E-state index in [0.29, 0.717) is 13.1 Å². The van der Waals surface area contributed by atoms with Gasteiger partial charge in [0.05, 0.1) is 13.2 Å². The summed E-state index contributed by atoms with van der Waals surface area (Å²) in [5.41, 5.74) is 1.76. The second-order valence-electron chi connectivity index (χ2n) is 4.90. The molecule has 2 N–H and O–H groups in total. The molecule has 0 aliphatic heterocycles. The SMILES string of the molecule is COc1cccc(C(O)CNC/C=C/c2ccc(F)cc2)c1. The molecule has 2 aromatic rings. The molecule has 2 aromatic carbocycles. The normalized spacial score (nSPS) is 12.5. The van der Waals surface area contributed by atoms with Crippen LogP contribution in [0.4, 0.5) is 4.39 Å². The van der Waals surface area contributed by atoms with Gasteiger partial charge in [-0.1, -0.05) is 36.4 Å². The third kappa shape index (κ3) is 4.98. The quantitative estimate of drug-likeness (QED) is 0.772. The molecule has 4 heteroatoms. The number of halogens is 1. The number of hydrogen-bond acceptors (Lipinski definition) is 3. The molecular weight excluding hydrogens is 281 g/mol. The van der Waals surface area contributed by atoms with Crippen molar-refractivity contribution in [2.75, 3.05) is 20.2 Å². The molecule has 116 valence electrons. The Balaban J connectivity index is 1.77. The van der Waals surface area contributed by atoms with Crippen LogP contribution in [0.25, 0.3) is 6.08 Å². The molecule has 0 spiro atoms. The molecule has 3 nitrogen and oxygen atoms in total. The maximum Gasteiger partial charge on any atom is 0.123 e. The monoisotopic (exact) mass is 301 g/mol. The van der Waals surface area contributed by atoms with Gasteiger partial charge in [-0.25, -0.2) is 4.39 Å². The topological polar surface area (TPSA) is 41.5 Å². The second kappa shape index (κ2) is 8.32. The number of benzene rings is 2. The van der Waals surface area contributed by atoms with Crippen LogP contribution >= 0.6 is 0 Å². The molecular formula is C18H20FNO2. The summed E-state index contributed by atoms with van der Waals surface area (Å²) >= 11 is 0. The van der Waals surface area contributed by atoms with Gasteiger partial charge in [0.25, 0.3) is 0 Å². The van der Waals surface area contributed by atoms with Gasteiger partial charge in [0.1, 0.15) is 11.6 Å². The van der Waals surface area contributed by atoms with Crippen molar-refractivity contribution in [3.8, 4) is 5.75 Å². The number of rotatable bonds is 7. The van der Waals surface area contributed by atoms with Crippen molar-refractivity contribution < 1.29 is 14.2 Å². The molecule has 0 fully saturated rings. The lowest BCUT2D eigenvalue weighted by Gasteiger charge is -2.12. The first-order valence-electron chi connectivity index (χ1n) is 7.14. The minimum absolute atomic E-state index is 0.239. The van der Waals surface area contributed by atoms with Crippen molar-refractivity contribution in [3.63, 3.8) is 0 Å². The van der Waals surface area contributed by atoms with E-state index in [0.717, 1.165) is 16.9 Å². The minimum atomic E-state index is -0.589. The lowest BCUT2D eigenvalue weighted by Crippen LogP contribution is -2.21. The average Bonchev–Trinajstić information content (AvgIpc) is 2.56. The Labute approximate surface area is 130 Å². The molecule has 0 saturated heterocycles. The highest BCUT2D eigenvalue weighted by molar-refractivity contribution is 5.48. The third-order valence-corrected chi connectivity index (χ3v) is 3.26. The van der Waals surface area contributed by atoms with Gasteiger partial charge in [-0.15, -0.1) is 0 Å². The number of hydrogen-bond donors (Lipinski definition) is 2. The second-order valence-corrected chi connectivity index (χ2v) is 4.90. The van der Waals surface area contributed by atoms with Crippen LogP contribution in [-0.4, -0.2) is 25.3 Å². The number of ether oxygens (including phenoxy) is 1. The molecule has 0 aliphatic rings. The molecule has 1 unspecified atom stereocenters. The van der Waals surface area contributed by atoms with Crippen LogP contribution in [-0.2, 0) is 0 Å². The Morgan fingerprint density at radius 3 is 2.73 bits per heavy atom. The first-order chi connectivity index (χ1) is 10.7. The van der Waals surface area contributed by atoms with Crippen LogP contribution in [0, 0.1) is 5.82 Å². The zero-order valence-electron chi connectivity index (χ0n) is 12.5. The molecule has 0 heterocycles. The summed E-state index contributed by atoms with van der Waals surface area (Å²) in [4.78, 5) is 0. The van der Waals surface area contributed by atoms with E-state index in [1.807, 2.05) is 36.4 Å². The van der Waals surface area contributed by atoms with Crippen molar-refractivity contribution in [3.05, 3.63) is 71.6 Å². The Kier molecular flexibility index (Phi) is 6.13. The van der Waals surface area contributed by atoms with E-state index in [1.165, 1.54) is 12.1 Å². The Morgan fingerprint density at radius 2 is 2.00 bits per heavy atom. The van der Waals surface area contributed by atoms with Gasteiger partial charge in [-0.05, 0) is 35.4 Å². The molecule has 0 bridgehead atoms. The van der Waals surface area contributed by atoms with Gasteiger partial charge in [0, 0.05) is 13.1 Å². The Bertz CT molecular complexity index is 611. The zero-order valence-corrected chi connectivity index (χ0v) is 12.5. The lowest BCUT2D eigenvalue weighted by atomic mass is 10.1. The van der Waals surface area contributed by atoms with Gasteiger partial charge in [0.2, 0.25) is 0 Å². The predicted octanol–water partition coefficient (Wildman–Crippen LogP) is 3.17. The number of methoxy groups -OCH3 is 1. The van der Waals surface area contributed by atoms with Crippen LogP contribution in [0.2, 0.25) is 0 Å². The Morgan fingerprint density at radius 1 is 1.23 bits per heavy atom. The number of aliphatic hydroxyl groups is 1. The van der Waals surface area contributed by atoms with Crippen LogP contribution in [0.5, 0.6) is 5.75 Å². The fraction of sp³-hybridized carbons (Fsp3) is 0.222. The van der Waals surface area contributed by atoms with E-state index < -0.39 is 6.10 Å². The first-order valence-corrected chi connectivity index (χ1v) is 7.14. The molecule has 0 saturated carbocycles. The maximum atomic E-state index is 12.8. The summed E-state index contributed by atoms with van der Waals surface area (Å²) in [6, 6.07) is 13.7. The summed E-state index contributed by atoms with van der Waals surface area (Å²) in [7, 11) is 1.60. The minimum Gasteiger partial charge on any atom is -0.497 e. The molecule has 0 amide bonds. The average molecular weight is 301 g/mol. The molecule has 22 heavy (non-hydrogen) atoms. The van der Waals surface area contributed by atoms with E-state index in [-0.39, 0.29) is 5.82 Å². The Hall–Kier alpha value is -2.17. The lowest BCUT2D eigenvalue weighted by molar-refractivity contribution is 0.176. The van der Waals surface area contributed by atoms with Gasteiger partial charge >= 0.3 is 0 Å². The highest BCUT2D eigenvalue weighted by Gasteiger charge is 2.07. The molecule has 0 aliphatic carbocycles. The zero-order chi connectivity index (χ0) is 15.8. The molecule has 1 atom stereocenters. The van der Waals surface area contributed by atoms with Crippen molar-refractivity contribution in [1.29, 1.82) is 0 Å². The van der Waals surface area contributed by atoms with Crippen LogP contribution < -0.4 is 10.1 Å². The van der Waals surface area contributed by atoms with E-state index >= 15 is 0 Å². The predicted molar refractivity (Wildman–Crippen MR) is 86.3 cm³/mol. The van der Waals surface area contributed by atoms with Crippen molar-refractivity contribution >= 4 is 6.08 Å². The third-order valence-electron chi connectivity index (χ3n) is 3.26. The van der Waals surface area contributed by atoms with Crippen molar-refractivity contribution in [2.45, 2.75) is 6.10 Å². The number of nitrogens with one attached hydrogen (secondary N) is 1. The highest BCUT2D eigenvalue weighted by atomic mass is 19.1. The van der Waals surface area contributed by atoms with Gasteiger partial charge in [0.15, 0.2) is 0 Å². The summed E-state index contributed by atoms with van der Waals surface area (Å²) < 4.78 is 17.9.